The number of nitrogens with zero attached hydrogens (tertiary/aromatic N) is 2. The third-order valence-corrected chi connectivity index (χ3v) is 2.87. The lowest BCUT2D eigenvalue weighted by Gasteiger charge is -1.99. The summed E-state index contributed by atoms with van der Waals surface area (Å²) in [4.78, 5) is 4.16. The van der Waals surface area contributed by atoms with Gasteiger partial charge in [0.25, 0.3) is 0 Å². The fourth-order valence-corrected chi connectivity index (χ4v) is 2.16. The van der Waals surface area contributed by atoms with Gasteiger partial charge < -0.3 is 9.30 Å². The van der Waals surface area contributed by atoms with E-state index < -0.39 is 0 Å². The van der Waals surface area contributed by atoms with Gasteiger partial charge in [-0.2, -0.15) is 0 Å². The molecule has 2 aromatic heterocycles. The molecule has 3 nitrogen and oxygen atoms in total. The van der Waals surface area contributed by atoms with E-state index in [9.17, 15) is 0 Å². The molecule has 0 aliphatic heterocycles. The van der Waals surface area contributed by atoms with Crippen LogP contribution < -0.4 is 4.74 Å². The van der Waals surface area contributed by atoms with Crippen molar-refractivity contribution in [3.05, 3.63) is 22.0 Å². The van der Waals surface area contributed by atoms with E-state index >= 15 is 0 Å². The number of methoxy groups -OCH3 is 1. The summed E-state index contributed by atoms with van der Waals surface area (Å²) >= 11 is 2.30. The van der Waals surface area contributed by atoms with E-state index in [-0.39, 0.29) is 0 Å². The van der Waals surface area contributed by atoms with E-state index in [1.54, 1.807) is 7.11 Å². The minimum atomic E-state index is 0.658. The quantitative estimate of drug-likeness (QED) is 0.752. The van der Waals surface area contributed by atoms with Gasteiger partial charge >= 0.3 is 0 Å². The maximum atomic E-state index is 5.06. The molecule has 2 aromatic rings. The number of ether oxygens (including phenoxy) is 1. The van der Waals surface area contributed by atoms with E-state index in [0.29, 0.717) is 5.88 Å². The van der Waals surface area contributed by atoms with Crippen molar-refractivity contribution in [3.8, 4) is 5.88 Å². The predicted molar refractivity (Wildman–Crippen MR) is 60.0 cm³/mol. The molecule has 0 saturated carbocycles. The zero-order valence-corrected chi connectivity index (χ0v) is 9.57. The monoisotopic (exact) mass is 288 g/mol. The van der Waals surface area contributed by atoms with E-state index in [1.165, 1.54) is 8.96 Å². The Balaban J connectivity index is 2.76. The van der Waals surface area contributed by atoms with Crippen LogP contribution in [0.2, 0.25) is 0 Å². The molecule has 0 amide bonds. The van der Waals surface area contributed by atoms with Crippen LogP contribution in [0.15, 0.2) is 18.5 Å². The molecule has 0 unspecified atom stereocenters. The molecule has 13 heavy (non-hydrogen) atoms. The van der Waals surface area contributed by atoms with Crippen LogP contribution in [0.5, 0.6) is 5.88 Å². The number of aryl methyl sites for hydroxylation is 1. The number of pyridine rings is 1. The molecule has 68 valence electrons. The minimum absolute atomic E-state index is 0.658. The molecule has 2 heterocycles. The van der Waals surface area contributed by atoms with Crippen molar-refractivity contribution in [2.24, 2.45) is 7.05 Å². The lowest BCUT2D eigenvalue weighted by Crippen LogP contribution is -1.89. The molecule has 0 bridgehead atoms. The van der Waals surface area contributed by atoms with Gasteiger partial charge in [0.05, 0.1) is 12.6 Å². The first kappa shape index (κ1) is 8.80. The second kappa shape index (κ2) is 3.17. The molecule has 0 spiro atoms. The summed E-state index contributed by atoms with van der Waals surface area (Å²) in [5.74, 6) is 0.658. The van der Waals surface area contributed by atoms with Gasteiger partial charge in [0.2, 0.25) is 5.88 Å². The van der Waals surface area contributed by atoms with Crippen LogP contribution in [0, 0.1) is 3.57 Å². The second-order valence-corrected chi connectivity index (χ2v) is 3.99. The van der Waals surface area contributed by atoms with Crippen LogP contribution in [0.1, 0.15) is 0 Å². The lowest BCUT2D eigenvalue weighted by molar-refractivity contribution is 0.398. The number of hydrogen-bond donors (Lipinski definition) is 0. The molecule has 0 atom stereocenters. The van der Waals surface area contributed by atoms with Gasteiger partial charge in [0, 0.05) is 34.5 Å². The Labute approximate surface area is 89.9 Å². The Kier molecular flexibility index (Phi) is 2.15. The molecule has 0 saturated heterocycles. The normalized spacial score (nSPS) is 10.7. The summed E-state index contributed by atoms with van der Waals surface area (Å²) < 4.78 is 8.34. The van der Waals surface area contributed by atoms with E-state index in [1.807, 2.05) is 19.3 Å². The summed E-state index contributed by atoms with van der Waals surface area (Å²) in [6.07, 6.45) is 3.92. The summed E-state index contributed by atoms with van der Waals surface area (Å²) in [5, 5.41) is 1.17. The van der Waals surface area contributed by atoms with Gasteiger partial charge in [-0.15, -0.1) is 0 Å². The highest BCUT2D eigenvalue weighted by atomic mass is 127. The largest absolute Gasteiger partial charge is 0.481 e. The van der Waals surface area contributed by atoms with Crippen LogP contribution >= 0.6 is 22.6 Å². The van der Waals surface area contributed by atoms with Gasteiger partial charge in [-0.25, -0.2) is 4.98 Å². The first-order valence-corrected chi connectivity index (χ1v) is 4.95. The fourth-order valence-electron chi connectivity index (χ4n) is 1.32. The topological polar surface area (TPSA) is 27.1 Å². The van der Waals surface area contributed by atoms with Gasteiger partial charge in [0.1, 0.15) is 0 Å². The zero-order valence-electron chi connectivity index (χ0n) is 7.41. The minimum Gasteiger partial charge on any atom is -0.481 e. The summed E-state index contributed by atoms with van der Waals surface area (Å²) in [6, 6.07) is 1.94. The third kappa shape index (κ3) is 1.39. The van der Waals surface area contributed by atoms with Gasteiger partial charge in [-0.05, 0) is 22.6 Å². The summed E-state index contributed by atoms with van der Waals surface area (Å²) in [5.41, 5.74) is 1.15. The Morgan fingerprint density at radius 2 is 2.31 bits per heavy atom. The fraction of sp³-hybridized carbons (Fsp3) is 0.222. The maximum absolute atomic E-state index is 5.06. The highest BCUT2D eigenvalue weighted by molar-refractivity contribution is 14.1. The van der Waals surface area contributed by atoms with Crippen LogP contribution in [0.3, 0.4) is 0 Å². The molecular formula is C9H9IN2O. The Morgan fingerprint density at radius 1 is 1.54 bits per heavy atom. The average molecular weight is 288 g/mol. The second-order valence-electron chi connectivity index (χ2n) is 2.83. The van der Waals surface area contributed by atoms with Gasteiger partial charge in [0.15, 0.2) is 0 Å². The first-order valence-electron chi connectivity index (χ1n) is 3.87. The lowest BCUT2D eigenvalue weighted by atomic mass is 10.3. The van der Waals surface area contributed by atoms with E-state index in [4.69, 9.17) is 4.74 Å². The van der Waals surface area contributed by atoms with Gasteiger partial charge in [-0.3, -0.25) is 0 Å². The van der Waals surface area contributed by atoms with Crippen molar-refractivity contribution in [1.29, 1.82) is 0 Å². The molecular weight excluding hydrogens is 279 g/mol. The SMILES string of the molecule is COc1cc2c(cn1)c(I)cn2C. The van der Waals surface area contributed by atoms with Crippen molar-refractivity contribution in [1.82, 2.24) is 9.55 Å². The van der Waals surface area contributed by atoms with Crippen molar-refractivity contribution < 1.29 is 4.74 Å². The van der Waals surface area contributed by atoms with Crippen molar-refractivity contribution in [2.75, 3.05) is 7.11 Å². The van der Waals surface area contributed by atoms with Crippen LogP contribution in [0.25, 0.3) is 10.9 Å². The number of aromatic nitrogens is 2. The smallest absolute Gasteiger partial charge is 0.215 e. The zero-order chi connectivity index (χ0) is 9.42. The van der Waals surface area contributed by atoms with Crippen LogP contribution in [0.4, 0.5) is 0 Å². The summed E-state index contributed by atoms with van der Waals surface area (Å²) in [6.45, 7) is 0. The Morgan fingerprint density at radius 3 is 3.00 bits per heavy atom. The number of hydrogen-bond acceptors (Lipinski definition) is 2. The standard InChI is InChI=1S/C9H9IN2O/c1-12-5-7(10)6-4-11-9(13-2)3-8(6)12/h3-5H,1-2H3. The predicted octanol–water partition coefficient (Wildman–Crippen LogP) is 2.19. The van der Waals surface area contributed by atoms with Crippen molar-refractivity contribution >= 4 is 33.5 Å². The van der Waals surface area contributed by atoms with Crippen LogP contribution in [-0.4, -0.2) is 16.7 Å². The average Bonchev–Trinajstić information content (AvgIpc) is 2.42. The highest BCUT2D eigenvalue weighted by Gasteiger charge is 2.05. The molecule has 0 aliphatic carbocycles. The maximum Gasteiger partial charge on any atom is 0.215 e. The summed E-state index contributed by atoms with van der Waals surface area (Å²) in [7, 11) is 3.64. The molecule has 0 N–H and O–H groups in total. The highest BCUT2D eigenvalue weighted by Crippen LogP contribution is 2.23. The molecule has 0 aromatic carbocycles. The van der Waals surface area contributed by atoms with Gasteiger partial charge in [-0.1, -0.05) is 0 Å². The van der Waals surface area contributed by atoms with Crippen molar-refractivity contribution in [2.45, 2.75) is 0 Å². The Bertz CT molecular complexity index is 450. The first-order chi connectivity index (χ1) is 6.22. The molecule has 0 radical (unpaired) electrons. The van der Waals surface area contributed by atoms with E-state index in [2.05, 4.69) is 38.3 Å². The van der Waals surface area contributed by atoms with Crippen molar-refractivity contribution in [3.63, 3.8) is 0 Å². The molecule has 2 rings (SSSR count). The van der Waals surface area contributed by atoms with E-state index in [0.717, 1.165) is 5.52 Å². The number of rotatable bonds is 1. The molecule has 0 aliphatic rings. The number of halogens is 1. The van der Waals surface area contributed by atoms with Crippen LogP contribution in [-0.2, 0) is 7.05 Å². The molecule has 0 fully saturated rings. The Hall–Kier alpha value is -0.780. The molecule has 4 heteroatoms. The third-order valence-electron chi connectivity index (χ3n) is 2.01. The number of fused-ring (bicyclic) bond motifs is 1.